The van der Waals surface area contributed by atoms with Crippen LogP contribution in [-0.2, 0) is 0 Å². The summed E-state index contributed by atoms with van der Waals surface area (Å²) >= 11 is 0. The molecule has 0 aliphatic heterocycles. The van der Waals surface area contributed by atoms with Crippen molar-refractivity contribution in [1.82, 2.24) is 4.57 Å². The summed E-state index contributed by atoms with van der Waals surface area (Å²) in [5.41, 5.74) is 14.1. The number of fused-ring (bicyclic) bond motifs is 7. The molecule has 0 aliphatic rings. The van der Waals surface area contributed by atoms with Crippen molar-refractivity contribution < 1.29 is 0 Å². The summed E-state index contributed by atoms with van der Waals surface area (Å²) in [7, 11) is 0. The van der Waals surface area contributed by atoms with E-state index in [1.54, 1.807) is 0 Å². The fourth-order valence-electron chi connectivity index (χ4n) is 9.49. The molecule has 11 aromatic carbocycles. The second-order valence-electron chi connectivity index (χ2n) is 16.2. The van der Waals surface area contributed by atoms with Crippen LogP contribution >= 0.6 is 0 Å². The van der Waals surface area contributed by atoms with Gasteiger partial charge in [-0.1, -0.05) is 182 Å². The number of hydrogen-bond donors (Lipinski definition) is 0. The lowest BCUT2D eigenvalue weighted by atomic mass is 9.94. The third kappa shape index (κ3) is 6.12. The number of nitrogens with zero attached hydrogens (tertiary/aromatic N) is 2. The summed E-state index contributed by atoms with van der Waals surface area (Å²) in [4.78, 5) is 2.37. The van der Waals surface area contributed by atoms with Crippen molar-refractivity contribution >= 4 is 71.2 Å². The molecule has 290 valence electrons. The van der Waals surface area contributed by atoms with Gasteiger partial charge in [0.2, 0.25) is 0 Å². The zero-order valence-corrected chi connectivity index (χ0v) is 34.0. The molecule has 0 saturated heterocycles. The standard InChI is InChI=1S/C60H40N2/c1-3-12-41(13-4-1)48-23-22-45-17-11-21-54(58(45)39-48)46-27-33-52(34-28-46)61(53-35-26-42-14-7-8-16-47(42)38-53)51-31-24-43(25-32-51)49-30-36-56-57-37-29-44-15-9-10-20-55(44)60(57)62(59(56)40-49)50-18-5-2-6-19-50/h1-40H. The maximum Gasteiger partial charge on any atom is 0.0619 e. The van der Waals surface area contributed by atoms with Gasteiger partial charge in [0, 0.05) is 38.9 Å². The first-order chi connectivity index (χ1) is 30.7. The Morgan fingerprint density at radius 3 is 1.60 bits per heavy atom. The largest absolute Gasteiger partial charge is 0.310 e. The van der Waals surface area contributed by atoms with E-state index in [9.17, 15) is 0 Å². The van der Waals surface area contributed by atoms with Gasteiger partial charge in [-0.05, 0) is 121 Å². The van der Waals surface area contributed by atoms with Crippen molar-refractivity contribution in [3.05, 3.63) is 243 Å². The predicted molar refractivity (Wildman–Crippen MR) is 264 cm³/mol. The maximum atomic E-state index is 2.44. The minimum Gasteiger partial charge on any atom is -0.310 e. The van der Waals surface area contributed by atoms with Gasteiger partial charge in [0.05, 0.1) is 11.0 Å². The smallest absolute Gasteiger partial charge is 0.0619 e. The van der Waals surface area contributed by atoms with Crippen LogP contribution in [0.25, 0.3) is 93.2 Å². The lowest BCUT2D eigenvalue weighted by Crippen LogP contribution is -2.09. The summed E-state index contributed by atoms with van der Waals surface area (Å²) in [5.74, 6) is 0. The molecule has 2 nitrogen and oxygen atoms in total. The summed E-state index contributed by atoms with van der Waals surface area (Å²) in [6.07, 6.45) is 0. The SMILES string of the molecule is c1ccc(-c2ccc3cccc(-c4ccc(N(c5ccc(-c6ccc7c8ccc9ccccc9c8n(-c8ccccc8)c7c6)cc5)c5ccc6ccccc6c5)cc4)c3c2)cc1. The van der Waals surface area contributed by atoms with E-state index in [1.807, 2.05) is 0 Å². The van der Waals surface area contributed by atoms with Crippen LogP contribution in [0.4, 0.5) is 17.1 Å². The molecule has 0 aliphatic carbocycles. The van der Waals surface area contributed by atoms with Crippen molar-refractivity contribution in [2.24, 2.45) is 0 Å². The Morgan fingerprint density at radius 1 is 0.274 bits per heavy atom. The van der Waals surface area contributed by atoms with Gasteiger partial charge >= 0.3 is 0 Å². The number of rotatable bonds is 7. The Balaban J connectivity index is 0.953. The van der Waals surface area contributed by atoms with Crippen LogP contribution in [0.15, 0.2) is 243 Å². The van der Waals surface area contributed by atoms with Gasteiger partial charge in [-0.15, -0.1) is 0 Å². The Morgan fingerprint density at radius 2 is 0.806 bits per heavy atom. The second-order valence-corrected chi connectivity index (χ2v) is 16.2. The van der Waals surface area contributed by atoms with Crippen molar-refractivity contribution in [2.75, 3.05) is 4.90 Å². The van der Waals surface area contributed by atoms with Gasteiger partial charge in [0.25, 0.3) is 0 Å². The van der Waals surface area contributed by atoms with E-state index in [4.69, 9.17) is 0 Å². The molecule has 0 atom stereocenters. The number of benzene rings is 11. The molecule has 0 radical (unpaired) electrons. The minimum absolute atomic E-state index is 1.10. The molecule has 12 aromatic rings. The first-order valence-corrected chi connectivity index (χ1v) is 21.3. The highest BCUT2D eigenvalue weighted by Crippen LogP contribution is 2.41. The molecule has 0 saturated carbocycles. The van der Waals surface area contributed by atoms with Crippen LogP contribution in [0.5, 0.6) is 0 Å². The number of aromatic nitrogens is 1. The third-order valence-corrected chi connectivity index (χ3v) is 12.5. The summed E-state index contributed by atoms with van der Waals surface area (Å²) in [5, 5.41) is 9.93. The van der Waals surface area contributed by atoms with Crippen LogP contribution in [-0.4, -0.2) is 4.57 Å². The zero-order chi connectivity index (χ0) is 41.0. The lowest BCUT2D eigenvalue weighted by molar-refractivity contribution is 1.19. The van der Waals surface area contributed by atoms with E-state index < -0.39 is 0 Å². The van der Waals surface area contributed by atoms with Gasteiger partial charge in [-0.2, -0.15) is 0 Å². The molecule has 0 amide bonds. The van der Waals surface area contributed by atoms with E-state index >= 15 is 0 Å². The summed E-state index contributed by atoms with van der Waals surface area (Å²) in [6, 6.07) is 88.5. The van der Waals surface area contributed by atoms with Gasteiger partial charge in [0.1, 0.15) is 0 Å². The van der Waals surface area contributed by atoms with Crippen molar-refractivity contribution in [1.29, 1.82) is 0 Å². The monoisotopic (exact) mass is 788 g/mol. The lowest BCUT2D eigenvalue weighted by Gasteiger charge is -2.26. The third-order valence-electron chi connectivity index (χ3n) is 12.5. The van der Waals surface area contributed by atoms with E-state index in [-0.39, 0.29) is 0 Å². The Hall–Kier alpha value is -8.20. The van der Waals surface area contributed by atoms with Crippen LogP contribution in [0, 0.1) is 0 Å². The topological polar surface area (TPSA) is 8.17 Å². The summed E-state index contributed by atoms with van der Waals surface area (Å²) in [6.45, 7) is 0. The molecule has 1 aromatic heterocycles. The number of para-hydroxylation sites is 1. The molecule has 2 heteroatoms. The highest BCUT2D eigenvalue weighted by Gasteiger charge is 2.18. The first kappa shape index (κ1) is 35.7. The van der Waals surface area contributed by atoms with E-state index in [1.165, 1.54) is 87.5 Å². The maximum absolute atomic E-state index is 2.44. The van der Waals surface area contributed by atoms with E-state index in [0.717, 1.165) is 22.7 Å². The fourth-order valence-corrected chi connectivity index (χ4v) is 9.49. The van der Waals surface area contributed by atoms with Crippen LogP contribution in [0.2, 0.25) is 0 Å². The average molecular weight is 789 g/mol. The first-order valence-electron chi connectivity index (χ1n) is 21.3. The van der Waals surface area contributed by atoms with Crippen LogP contribution < -0.4 is 4.90 Å². The van der Waals surface area contributed by atoms with Crippen molar-refractivity contribution in [3.63, 3.8) is 0 Å². The van der Waals surface area contributed by atoms with E-state index in [2.05, 4.69) is 252 Å². The van der Waals surface area contributed by atoms with Gasteiger partial charge in [-0.3, -0.25) is 0 Å². The quantitative estimate of drug-likeness (QED) is 0.156. The molecule has 0 spiro atoms. The molecular formula is C60H40N2. The average Bonchev–Trinajstić information content (AvgIpc) is 3.69. The van der Waals surface area contributed by atoms with Gasteiger partial charge < -0.3 is 9.47 Å². The molecule has 0 bridgehead atoms. The highest BCUT2D eigenvalue weighted by molar-refractivity contribution is 6.19. The molecule has 62 heavy (non-hydrogen) atoms. The van der Waals surface area contributed by atoms with E-state index in [0.29, 0.717) is 0 Å². The fraction of sp³-hybridized carbons (Fsp3) is 0. The molecule has 0 unspecified atom stereocenters. The van der Waals surface area contributed by atoms with Gasteiger partial charge in [-0.25, -0.2) is 0 Å². The Kier molecular flexibility index (Phi) is 8.53. The normalized spacial score (nSPS) is 11.5. The predicted octanol–water partition coefficient (Wildman–Crippen LogP) is 16.7. The summed E-state index contributed by atoms with van der Waals surface area (Å²) < 4.78 is 2.44. The Bertz CT molecular complexity index is 3600. The van der Waals surface area contributed by atoms with Crippen LogP contribution in [0.3, 0.4) is 0 Å². The molecule has 0 N–H and O–H groups in total. The van der Waals surface area contributed by atoms with Crippen LogP contribution in [0.1, 0.15) is 0 Å². The second kappa shape index (κ2) is 14.8. The molecule has 1 heterocycles. The molecule has 0 fully saturated rings. The highest BCUT2D eigenvalue weighted by atomic mass is 15.1. The molecule has 12 rings (SSSR count). The van der Waals surface area contributed by atoms with Gasteiger partial charge in [0.15, 0.2) is 0 Å². The number of anilines is 3. The Labute approximate surface area is 360 Å². The number of hydrogen-bond acceptors (Lipinski definition) is 1. The van der Waals surface area contributed by atoms with Crippen molar-refractivity contribution in [2.45, 2.75) is 0 Å². The van der Waals surface area contributed by atoms with Crippen molar-refractivity contribution in [3.8, 4) is 39.1 Å². The minimum atomic E-state index is 1.10. The molecular weight excluding hydrogens is 749 g/mol. The zero-order valence-electron chi connectivity index (χ0n) is 34.0.